The maximum absolute atomic E-state index is 11.3. The highest BCUT2D eigenvalue weighted by atomic mass is 16.3. The smallest absolute Gasteiger partial charge is 0.220 e. The van der Waals surface area contributed by atoms with Crippen LogP contribution < -0.4 is 5.32 Å². The molecule has 0 aliphatic heterocycles. The molecule has 0 aliphatic rings. The second kappa shape index (κ2) is 23.4. The van der Waals surface area contributed by atoms with Crippen molar-refractivity contribution in [2.45, 2.75) is 90.4 Å². The van der Waals surface area contributed by atoms with Crippen molar-refractivity contribution in [2.75, 3.05) is 13.2 Å². The first-order valence-electron chi connectivity index (χ1n) is 11.3. The van der Waals surface area contributed by atoms with Gasteiger partial charge in [-0.15, -0.1) is 0 Å². The van der Waals surface area contributed by atoms with Gasteiger partial charge in [0.2, 0.25) is 5.91 Å². The fourth-order valence-corrected chi connectivity index (χ4v) is 2.75. The van der Waals surface area contributed by atoms with Crippen molar-refractivity contribution in [2.24, 2.45) is 0 Å². The number of rotatable bonds is 19. The number of aliphatic hydroxyl groups is 1. The molecular weight excluding hydrogens is 346 g/mol. The van der Waals surface area contributed by atoms with Crippen molar-refractivity contribution in [3.8, 4) is 0 Å². The van der Waals surface area contributed by atoms with Crippen LogP contribution in [0.1, 0.15) is 90.4 Å². The Kier molecular flexibility index (Phi) is 22.1. The van der Waals surface area contributed by atoms with E-state index in [1.54, 1.807) is 0 Å². The molecule has 0 aromatic carbocycles. The molecule has 0 aliphatic carbocycles. The Morgan fingerprint density at radius 2 is 1.21 bits per heavy atom. The molecule has 0 heterocycles. The molecule has 0 saturated heterocycles. The van der Waals surface area contributed by atoms with Crippen molar-refractivity contribution in [3.63, 3.8) is 0 Å². The number of carbonyl (C=O) groups excluding carboxylic acids is 1. The zero-order chi connectivity index (χ0) is 20.5. The first-order valence-corrected chi connectivity index (χ1v) is 11.3. The predicted molar refractivity (Wildman–Crippen MR) is 122 cm³/mol. The average Bonchev–Trinajstić information content (AvgIpc) is 2.70. The summed E-state index contributed by atoms with van der Waals surface area (Å²) < 4.78 is 0. The predicted octanol–water partition coefficient (Wildman–Crippen LogP) is 6.41. The number of hydrogen-bond donors (Lipinski definition) is 2. The minimum atomic E-state index is 0.0118. The molecule has 3 nitrogen and oxygen atoms in total. The summed E-state index contributed by atoms with van der Waals surface area (Å²) in [6.07, 6.45) is 32.4. The van der Waals surface area contributed by atoms with Crippen LogP contribution in [0, 0.1) is 0 Å². The fourth-order valence-electron chi connectivity index (χ4n) is 2.75. The highest BCUT2D eigenvalue weighted by Gasteiger charge is 1.98. The van der Waals surface area contributed by atoms with Crippen LogP contribution in [0.3, 0.4) is 0 Å². The van der Waals surface area contributed by atoms with Gasteiger partial charge in [-0.25, -0.2) is 0 Å². The summed E-state index contributed by atoms with van der Waals surface area (Å²) in [6, 6.07) is 0. The molecule has 0 radical (unpaired) electrons. The molecule has 28 heavy (non-hydrogen) atoms. The molecule has 1 amide bonds. The molecule has 0 rings (SSSR count). The van der Waals surface area contributed by atoms with Crippen molar-refractivity contribution >= 4 is 5.91 Å². The molecule has 0 spiro atoms. The van der Waals surface area contributed by atoms with Gasteiger partial charge in [-0.1, -0.05) is 81.2 Å². The van der Waals surface area contributed by atoms with E-state index in [1.165, 1.54) is 32.1 Å². The van der Waals surface area contributed by atoms with E-state index in [1.807, 2.05) is 0 Å². The van der Waals surface area contributed by atoms with E-state index in [4.69, 9.17) is 5.11 Å². The molecule has 0 fully saturated rings. The minimum Gasteiger partial charge on any atom is -0.395 e. The summed E-state index contributed by atoms with van der Waals surface area (Å²) in [5.41, 5.74) is 0. The fraction of sp³-hybridized carbons (Fsp3) is 0.640. The lowest BCUT2D eigenvalue weighted by Crippen LogP contribution is -2.25. The van der Waals surface area contributed by atoms with Gasteiger partial charge in [0.25, 0.3) is 0 Å². The third-order valence-corrected chi connectivity index (χ3v) is 4.42. The molecule has 0 unspecified atom stereocenters. The van der Waals surface area contributed by atoms with Gasteiger partial charge in [0, 0.05) is 13.0 Å². The summed E-state index contributed by atoms with van der Waals surface area (Å²) >= 11 is 0. The first-order chi connectivity index (χ1) is 13.8. The van der Waals surface area contributed by atoms with Gasteiger partial charge in [0.15, 0.2) is 0 Å². The third-order valence-electron chi connectivity index (χ3n) is 4.42. The number of amides is 1. The van der Waals surface area contributed by atoms with Crippen molar-refractivity contribution in [1.82, 2.24) is 5.32 Å². The van der Waals surface area contributed by atoms with E-state index < -0.39 is 0 Å². The van der Waals surface area contributed by atoms with Crippen LogP contribution in [0.4, 0.5) is 0 Å². The lowest BCUT2D eigenvalue weighted by molar-refractivity contribution is -0.121. The van der Waals surface area contributed by atoms with Crippen LogP contribution in [0.5, 0.6) is 0 Å². The van der Waals surface area contributed by atoms with Gasteiger partial charge < -0.3 is 10.4 Å². The van der Waals surface area contributed by atoms with E-state index >= 15 is 0 Å². The van der Waals surface area contributed by atoms with Crippen molar-refractivity contribution in [1.29, 1.82) is 0 Å². The van der Waals surface area contributed by atoms with Crippen molar-refractivity contribution < 1.29 is 9.90 Å². The second-order valence-electron chi connectivity index (χ2n) is 7.11. The molecular formula is C25H43NO2. The highest BCUT2D eigenvalue weighted by molar-refractivity contribution is 5.75. The Bertz CT molecular complexity index is 449. The van der Waals surface area contributed by atoms with Gasteiger partial charge in [0.1, 0.15) is 0 Å². The number of nitrogens with one attached hydrogen (secondary N) is 1. The van der Waals surface area contributed by atoms with Crippen LogP contribution >= 0.6 is 0 Å². The Balaban J connectivity index is 3.40. The Morgan fingerprint density at radius 3 is 1.71 bits per heavy atom. The van der Waals surface area contributed by atoms with Crippen LogP contribution in [-0.4, -0.2) is 24.2 Å². The van der Waals surface area contributed by atoms with Crippen LogP contribution in [0.2, 0.25) is 0 Å². The summed E-state index contributed by atoms with van der Waals surface area (Å²) in [4.78, 5) is 11.3. The number of aliphatic hydroxyl groups excluding tert-OH is 1. The van der Waals surface area contributed by atoms with Gasteiger partial charge in [-0.2, -0.15) is 0 Å². The Morgan fingerprint density at radius 1 is 0.714 bits per heavy atom. The largest absolute Gasteiger partial charge is 0.395 e. The van der Waals surface area contributed by atoms with Crippen LogP contribution in [-0.2, 0) is 4.79 Å². The van der Waals surface area contributed by atoms with Gasteiger partial charge in [0.05, 0.1) is 6.61 Å². The topological polar surface area (TPSA) is 49.3 Å². The molecule has 2 N–H and O–H groups in total. The maximum Gasteiger partial charge on any atom is 0.220 e. The summed E-state index contributed by atoms with van der Waals surface area (Å²) in [7, 11) is 0. The van der Waals surface area contributed by atoms with E-state index in [0.717, 1.165) is 44.9 Å². The summed E-state index contributed by atoms with van der Waals surface area (Å²) in [6.45, 7) is 2.63. The number of carbonyl (C=O) groups is 1. The third kappa shape index (κ3) is 22.4. The summed E-state index contributed by atoms with van der Waals surface area (Å²) in [5.74, 6) is 0.0437. The van der Waals surface area contributed by atoms with Crippen LogP contribution in [0.15, 0.2) is 48.6 Å². The lowest BCUT2D eigenvalue weighted by atomic mass is 10.1. The monoisotopic (exact) mass is 389 g/mol. The second-order valence-corrected chi connectivity index (χ2v) is 7.11. The number of unbranched alkanes of at least 4 members (excludes halogenated alkanes) is 7. The van der Waals surface area contributed by atoms with E-state index in [9.17, 15) is 4.79 Å². The maximum atomic E-state index is 11.3. The summed E-state index contributed by atoms with van der Waals surface area (Å²) in [5, 5.41) is 11.3. The highest BCUT2D eigenvalue weighted by Crippen LogP contribution is 2.05. The molecule has 0 aromatic heterocycles. The van der Waals surface area contributed by atoms with Gasteiger partial charge in [-0.05, 0) is 51.4 Å². The number of hydrogen-bond acceptors (Lipinski definition) is 2. The van der Waals surface area contributed by atoms with Crippen LogP contribution in [0.25, 0.3) is 0 Å². The zero-order valence-electron chi connectivity index (χ0n) is 18.1. The normalized spacial score (nSPS) is 12.2. The molecule has 0 saturated carbocycles. The molecule has 0 atom stereocenters. The standard InChI is InChI=1S/C25H43NO2/c1-2-3-4-5-6-7-8-9-10-11-12-13-14-15-16-17-18-19-20-21-22-25(28)26-23-24-27/h7-8,10-11,13-14,16-17,27H,2-6,9,12,15,18-24H2,1H3,(H,26,28)/b8-7-,11-10-,14-13-,17-16-. The molecule has 0 aromatic rings. The lowest BCUT2D eigenvalue weighted by Gasteiger charge is -2.02. The minimum absolute atomic E-state index is 0.0118. The first kappa shape index (κ1) is 26.4. The average molecular weight is 390 g/mol. The molecule has 0 bridgehead atoms. The molecule has 3 heteroatoms. The zero-order valence-corrected chi connectivity index (χ0v) is 18.1. The molecule has 160 valence electrons. The van der Waals surface area contributed by atoms with E-state index in [-0.39, 0.29) is 12.5 Å². The van der Waals surface area contributed by atoms with E-state index in [2.05, 4.69) is 60.8 Å². The van der Waals surface area contributed by atoms with Gasteiger partial charge >= 0.3 is 0 Å². The van der Waals surface area contributed by atoms with Crippen molar-refractivity contribution in [3.05, 3.63) is 48.6 Å². The van der Waals surface area contributed by atoms with E-state index in [0.29, 0.717) is 13.0 Å². The Hall–Kier alpha value is -1.61. The SMILES string of the molecule is CCCCCC/C=C\C/C=C\C/C=C\C/C=C\CCCCCC(=O)NCCO. The Labute approximate surface area is 173 Å². The number of allylic oxidation sites excluding steroid dienone is 8. The van der Waals surface area contributed by atoms with Gasteiger partial charge in [-0.3, -0.25) is 4.79 Å². The quantitative estimate of drug-likeness (QED) is 0.198.